The Kier molecular flexibility index (Phi) is 4.34. The second kappa shape index (κ2) is 6.39. The highest BCUT2D eigenvalue weighted by molar-refractivity contribution is 5.87. The molecule has 21 heavy (non-hydrogen) atoms. The number of ether oxygens (including phenoxy) is 2. The number of hydrogen-bond donors (Lipinski definition) is 1. The number of aliphatic hydroxyl groups excluding tert-OH is 1. The molecule has 3 rings (SSSR count). The van der Waals surface area contributed by atoms with E-state index in [4.69, 9.17) is 14.6 Å². The number of rotatable bonds is 6. The summed E-state index contributed by atoms with van der Waals surface area (Å²) in [5.41, 5.74) is 2.49. The molecule has 1 aromatic heterocycles. The van der Waals surface area contributed by atoms with Gasteiger partial charge in [0.15, 0.2) is 11.5 Å². The van der Waals surface area contributed by atoms with Crippen LogP contribution in [0.2, 0.25) is 0 Å². The fourth-order valence-corrected chi connectivity index (χ4v) is 2.88. The van der Waals surface area contributed by atoms with Crippen molar-refractivity contribution in [2.75, 3.05) is 19.8 Å². The van der Waals surface area contributed by atoms with Gasteiger partial charge in [-0.15, -0.1) is 0 Å². The molecule has 0 aliphatic carbocycles. The van der Waals surface area contributed by atoms with Crippen LogP contribution in [-0.4, -0.2) is 29.5 Å². The van der Waals surface area contributed by atoms with Crippen LogP contribution in [0.3, 0.4) is 0 Å². The summed E-state index contributed by atoms with van der Waals surface area (Å²) in [5, 5.41) is 10.3. The third-order valence-electron chi connectivity index (χ3n) is 3.98. The van der Waals surface area contributed by atoms with Crippen LogP contribution in [0.4, 0.5) is 0 Å². The zero-order valence-electron chi connectivity index (χ0n) is 12.6. The molecule has 4 nitrogen and oxygen atoms in total. The van der Waals surface area contributed by atoms with Crippen molar-refractivity contribution in [2.45, 2.75) is 39.2 Å². The summed E-state index contributed by atoms with van der Waals surface area (Å²) in [6, 6.07) is 4.20. The van der Waals surface area contributed by atoms with Crippen molar-refractivity contribution in [3.05, 3.63) is 23.9 Å². The fourth-order valence-electron chi connectivity index (χ4n) is 2.88. The summed E-state index contributed by atoms with van der Waals surface area (Å²) in [7, 11) is 0. The first-order chi connectivity index (χ1) is 10.3. The molecule has 1 aliphatic heterocycles. The Balaban J connectivity index is 2.04. The van der Waals surface area contributed by atoms with Gasteiger partial charge in [-0.3, -0.25) is 0 Å². The molecule has 4 heteroatoms. The van der Waals surface area contributed by atoms with Gasteiger partial charge in [0.2, 0.25) is 0 Å². The number of aliphatic hydroxyl groups is 1. The van der Waals surface area contributed by atoms with E-state index < -0.39 is 0 Å². The van der Waals surface area contributed by atoms with E-state index in [0.717, 1.165) is 37.3 Å². The molecule has 0 bridgehead atoms. The van der Waals surface area contributed by atoms with Crippen LogP contribution >= 0.6 is 0 Å². The first-order valence-electron chi connectivity index (χ1n) is 7.85. The zero-order chi connectivity index (χ0) is 14.7. The summed E-state index contributed by atoms with van der Waals surface area (Å²) < 4.78 is 13.7. The van der Waals surface area contributed by atoms with Crippen molar-refractivity contribution in [1.82, 2.24) is 4.57 Å². The number of fused-ring (bicyclic) bond motifs is 2. The molecule has 1 aliphatic rings. The van der Waals surface area contributed by atoms with Gasteiger partial charge in [-0.25, -0.2) is 0 Å². The monoisotopic (exact) mass is 289 g/mol. The molecule has 0 saturated heterocycles. The van der Waals surface area contributed by atoms with Crippen LogP contribution in [0, 0.1) is 0 Å². The average molecular weight is 289 g/mol. The lowest BCUT2D eigenvalue weighted by Crippen LogP contribution is -2.15. The predicted molar refractivity (Wildman–Crippen MR) is 83.2 cm³/mol. The summed E-state index contributed by atoms with van der Waals surface area (Å²) in [4.78, 5) is 0. The number of aryl methyl sites for hydroxylation is 2. The van der Waals surface area contributed by atoms with Crippen molar-refractivity contribution in [1.29, 1.82) is 0 Å². The second-order valence-electron chi connectivity index (χ2n) is 5.54. The molecule has 0 spiro atoms. The van der Waals surface area contributed by atoms with Gasteiger partial charge < -0.3 is 19.1 Å². The Hall–Kier alpha value is -1.68. The van der Waals surface area contributed by atoms with Crippen LogP contribution < -0.4 is 9.47 Å². The van der Waals surface area contributed by atoms with E-state index in [0.29, 0.717) is 13.2 Å². The molecule has 114 valence electrons. The van der Waals surface area contributed by atoms with E-state index in [2.05, 4.69) is 29.8 Å². The lowest BCUT2D eigenvalue weighted by molar-refractivity contribution is 0.172. The molecule has 0 radical (unpaired) electrons. The van der Waals surface area contributed by atoms with Crippen molar-refractivity contribution < 1.29 is 14.6 Å². The van der Waals surface area contributed by atoms with E-state index in [1.165, 1.54) is 22.9 Å². The molecular weight excluding hydrogens is 266 g/mol. The maximum absolute atomic E-state index is 9.09. The van der Waals surface area contributed by atoms with Crippen LogP contribution in [0.5, 0.6) is 11.5 Å². The van der Waals surface area contributed by atoms with E-state index >= 15 is 0 Å². The lowest BCUT2D eigenvalue weighted by Gasteiger charge is -2.18. The zero-order valence-corrected chi connectivity index (χ0v) is 12.6. The van der Waals surface area contributed by atoms with Gasteiger partial charge in [0.25, 0.3) is 0 Å². The third kappa shape index (κ3) is 2.86. The van der Waals surface area contributed by atoms with E-state index in [1.807, 2.05) is 0 Å². The van der Waals surface area contributed by atoms with Gasteiger partial charge in [-0.1, -0.05) is 13.3 Å². The lowest BCUT2D eigenvalue weighted by atomic mass is 10.1. The highest BCUT2D eigenvalue weighted by Gasteiger charge is 2.17. The fraction of sp³-hybridized carbons (Fsp3) is 0.529. The highest BCUT2D eigenvalue weighted by atomic mass is 16.6. The Morgan fingerprint density at radius 1 is 1.14 bits per heavy atom. The van der Waals surface area contributed by atoms with Gasteiger partial charge in [0.05, 0.1) is 5.52 Å². The molecule has 0 unspecified atom stereocenters. The number of aromatic nitrogens is 1. The van der Waals surface area contributed by atoms with Gasteiger partial charge in [0, 0.05) is 30.8 Å². The summed E-state index contributed by atoms with van der Waals surface area (Å²) in [5.74, 6) is 1.69. The van der Waals surface area contributed by atoms with Crippen LogP contribution in [0.1, 0.15) is 31.7 Å². The van der Waals surface area contributed by atoms with Crippen LogP contribution in [0.15, 0.2) is 18.3 Å². The smallest absolute Gasteiger partial charge is 0.163 e. The number of hydrogen-bond acceptors (Lipinski definition) is 3. The first kappa shape index (κ1) is 14.3. The third-order valence-corrected chi connectivity index (χ3v) is 3.98. The summed E-state index contributed by atoms with van der Waals surface area (Å²) >= 11 is 0. The average Bonchev–Trinajstić information content (AvgIpc) is 2.86. The highest BCUT2D eigenvalue weighted by Crippen LogP contribution is 2.37. The molecule has 2 aromatic rings. The van der Waals surface area contributed by atoms with E-state index in [9.17, 15) is 0 Å². The molecule has 0 amide bonds. The minimum atomic E-state index is 0.228. The first-order valence-corrected chi connectivity index (χ1v) is 7.85. The summed E-state index contributed by atoms with van der Waals surface area (Å²) in [6.45, 7) is 4.68. The normalized spacial score (nSPS) is 13.8. The quantitative estimate of drug-likeness (QED) is 0.888. The predicted octanol–water partition coefficient (Wildman–Crippen LogP) is 3.14. The number of unbranched alkanes of at least 4 members (excludes halogenated alkanes) is 1. The van der Waals surface area contributed by atoms with Crippen LogP contribution in [0.25, 0.3) is 10.9 Å². The minimum absolute atomic E-state index is 0.228. The Morgan fingerprint density at radius 3 is 2.62 bits per heavy atom. The standard InChI is InChI=1S/C17H23NO3/c1-2-3-6-18-12-13(5-4-7-19)14-10-16-17(11-15(14)18)21-9-8-20-16/h10-12,19H,2-9H2,1H3. The Morgan fingerprint density at radius 2 is 1.90 bits per heavy atom. The molecule has 1 aromatic carbocycles. The molecule has 2 heterocycles. The maximum atomic E-state index is 9.09. The van der Waals surface area contributed by atoms with Crippen molar-refractivity contribution in [2.24, 2.45) is 0 Å². The minimum Gasteiger partial charge on any atom is -0.486 e. The van der Waals surface area contributed by atoms with Crippen molar-refractivity contribution in [3.63, 3.8) is 0 Å². The second-order valence-corrected chi connectivity index (χ2v) is 5.54. The Bertz CT molecular complexity index is 566. The largest absolute Gasteiger partial charge is 0.486 e. The topological polar surface area (TPSA) is 43.6 Å². The molecule has 0 saturated carbocycles. The Labute approximate surface area is 125 Å². The van der Waals surface area contributed by atoms with Crippen molar-refractivity contribution >= 4 is 10.9 Å². The summed E-state index contributed by atoms with van der Waals surface area (Å²) in [6.07, 6.45) is 6.25. The van der Waals surface area contributed by atoms with Gasteiger partial charge >= 0.3 is 0 Å². The van der Waals surface area contributed by atoms with Gasteiger partial charge in [-0.05, 0) is 30.9 Å². The van der Waals surface area contributed by atoms with Crippen LogP contribution in [-0.2, 0) is 13.0 Å². The van der Waals surface area contributed by atoms with E-state index in [-0.39, 0.29) is 6.61 Å². The molecule has 0 atom stereocenters. The number of benzene rings is 1. The van der Waals surface area contributed by atoms with Crippen molar-refractivity contribution in [3.8, 4) is 11.5 Å². The molecular formula is C17H23NO3. The van der Waals surface area contributed by atoms with Gasteiger partial charge in [-0.2, -0.15) is 0 Å². The maximum Gasteiger partial charge on any atom is 0.163 e. The molecule has 0 fully saturated rings. The number of nitrogens with zero attached hydrogens (tertiary/aromatic N) is 1. The molecule has 1 N–H and O–H groups in total. The van der Waals surface area contributed by atoms with Gasteiger partial charge in [0.1, 0.15) is 13.2 Å². The van der Waals surface area contributed by atoms with E-state index in [1.54, 1.807) is 0 Å². The SMILES string of the molecule is CCCCn1cc(CCCO)c2cc3c(cc21)OCCO3.